The Labute approximate surface area is 167 Å². The largest absolute Gasteiger partial charge is 0.508 e. The van der Waals surface area contributed by atoms with Crippen LogP contribution < -0.4 is 16.8 Å². The maximum atomic E-state index is 13.0. The molecule has 3 amide bonds. The van der Waals surface area contributed by atoms with Gasteiger partial charge in [0.15, 0.2) is 0 Å². The molecule has 7 N–H and O–H groups in total. The Hall–Kier alpha value is -3.14. The first kappa shape index (κ1) is 22.2. The lowest BCUT2D eigenvalue weighted by atomic mass is 10.0. The third kappa shape index (κ3) is 6.18. The Kier molecular flexibility index (Phi) is 7.54. The van der Waals surface area contributed by atoms with Crippen molar-refractivity contribution in [1.29, 1.82) is 0 Å². The number of benzene rings is 1. The van der Waals surface area contributed by atoms with Gasteiger partial charge in [-0.25, -0.2) is 4.79 Å². The first-order chi connectivity index (χ1) is 13.7. The molecule has 1 aliphatic heterocycles. The van der Waals surface area contributed by atoms with Crippen molar-refractivity contribution in [3.05, 3.63) is 29.8 Å². The number of carboxylic acid groups (broad SMARTS) is 1. The van der Waals surface area contributed by atoms with Gasteiger partial charge in [0.25, 0.3) is 0 Å². The lowest BCUT2D eigenvalue weighted by Gasteiger charge is -2.28. The summed E-state index contributed by atoms with van der Waals surface area (Å²) in [7, 11) is 0. The summed E-state index contributed by atoms with van der Waals surface area (Å²) >= 11 is 0. The standard InChI is InChI=1S/C19H26N4O6/c20-13(7-8-16(21)25)17(26)22-14(10-11-3-5-12(24)6-4-11)18(27)23-9-1-2-15(23)19(28)29/h3-6,13-15,24H,1-2,7-10,20H2,(H2,21,25)(H,22,26)(H,28,29)/t13-,14-,15+/m0/s1. The van der Waals surface area contributed by atoms with Crippen LogP contribution >= 0.6 is 0 Å². The van der Waals surface area contributed by atoms with Crippen LogP contribution in [-0.2, 0) is 25.6 Å². The van der Waals surface area contributed by atoms with Gasteiger partial charge in [-0.2, -0.15) is 0 Å². The second kappa shape index (κ2) is 9.87. The molecule has 0 aliphatic carbocycles. The Morgan fingerprint density at radius 2 is 1.86 bits per heavy atom. The van der Waals surface area contributed by atoms with E-state index in [1.807, 2.05) is 0 Å². The van der Waals surface area contributed by atoms with Crippen molar-refractivity contribution < 1.29 is 29.4 Å². The molecule has 0 spiro atoms. The summed E-state index contributed by atoms with van der Waals surface area (Å²) < 4.78 is 0. The van der Waals surface area contributed by atoms with Crippen molar-refractivity contribution >= 4 is 23.7 Å². The number of aliphatic carboxylic acids is 1. The number of carboxylic acids is 1. The average Bonchev–Trinajstić information content (AvgIpc) is 3.16. The summed E-state index contributed by atoms with van der Waals surface area (Å²) in [5.41, 5.74) is 11.5. The fourth-order valence-electron chi connectivity index (χ4n) is 3.26. The van der Waals surface area contributed by atoms with Crippen LogP contribution in [-0.4, -0.2) is 63.5 Å². The van der Waals surface area contributed by atoms with Crippen molar-refractivity contribution in [3.63, 3.8) is 0 Å². The van der Waals surface area contributed by atoms with E-state index in [0.29, 0.717) is 18.4 Å². The number of aromatic hydroxyl groups is 1. The van der Waals surface area contributed by atoms with Gasteiger partial charge in [-0.3, -0.25) is 14.4 Å². The molecule has 2 rings (SSSR count). The monoisotopic (exact) mass is 406 g/mol. The molecule has 0 radical (unpaired) electrons. The highest BCUT2D eigenvalue weighted by Gasteiger charge is 2.38. The molecule has 1 aliphatic rings. The molecule has 10 heteroatoms. The predicted molar refractivity (Wildman–Crippen MR) is 103 cm³/mol. The van der Waals surface area contributed by atoms with E-state index in [2.05, 4.69) is 5.32 Å². The molecule has 0 aromatic heterocycles. The van der Waals surface area contributed by atoms with E-state index in [-0.39, 0.29) is 31.6 Å². The van der Waals surface area contributed by atoms with Crippen molar-refractivity contribution in [1.82, 2.24) is 10.2 Å². The highest BCUT2D eigenvalue weighted by atomic mass is 16.4. The van der Waals surface area contributed by atoms with Crippen LogP contribution in [0.4, 0.5) is 0 Å². The van der Waals surface area contributed by atoms with Crippen molar-refractivity contribution in [2.24, 2.45) is 11.5 Å². The van der Waals surface area contributed by atoms with Crippen LogP contribution in [0.5, 0.6) is 5.75 Å². The number of phenolic OH excluding ortho intramolecular Hbond substituents is 1. The van der Waals surface area contributed by atoms with E-state index in [9.17, 15) is 29.4 Å². The summed E-state index contributed by atoms with van der Waals surface area (Å²) in [6, 6.07) is 3.10. The van der Waals surface area contributed by atoms with Crippen LogP contribution in [0.25, 0.3) is 0 Å². The molecule has 0 bridgehead atoms. The number of hydrogen-bond acceptors (Lipinski definition) is 6. The zero-order valence-electron chi connectivity index (χ0n) is 15.9. The third-order valence-electron chi connectivity index (χ3n) is 4.85. The van der Waals surface area contributed by atoms with Gasteiger partial charge in [-0.05, 0) is 37.0 Å². The van der Waals surface area contributed by atoms with Crippen LogP contribution in [0.2, 0.25) is 0 Å². The molecule has 1 aromatic carbocycles. The zero-order chi connectivity index (χ0) is 21.6. The van der Waals surface area contributed by atoms with E-state index in [4.69, 9.17) is 11.5 Å². The molecule has 10 nitrogen and oxygen atoms in total. The SMILES string of the molecule is NC(=O)CC[C@H](N)C(=O)N[C@@H](Cc1ccc(O)cc1)C(=O)N1CCC[C@@H]1C(=O)O. The molecule has 1 saturated heterocycles. The predicted octanol–water partition coefficient (Wildman–Crippen LogP) is -0.912. The van der Waals surface area contributed by atoms with Crippen LogP contribution in [0.3, 0.4) is 0 Å². The first-order valence-electron chi connectivity index (χ1n) is 9.34. The number of hydrogen-bond donors (Lipinski definition) is 5. The Bertz CT molecular complexity index is 766. The average molecular weight is 406 g/mol. The number of carbonyl (C=O) groups excluding carboxylic acids is 3. The second-order valence-corrected chi connectivity index (χ2v) is 7.07. The number of primary amides is 1. The minimum Gasteiger partial charge on any atom is -0.508 e. The summed E-state index contributed by atoms with van der Waals surface area (Å²) in [5, 5.41) is 21.4. The van der Waals surface area contributed by atoms with Gasteiger partial charge in [0.1, 0.15) is 17.8 Å². The molecule has 1 heterocycles. The van der Waals surface area contributed by atoms with Gasteiger partial charge < -0.3 is 31.9 Å². The number of rotatable bonds is 9. The molecule has 29 heavy (non-hydrogen) atoms. The summed E-state index contributed by atoms with van der Waals surface area (Å²) in [5.74, 6) is -2.78. The van der Waals surface area contributed by atoms with Gasteiger partial charge >= 0.3 is 5.97 Å². The molecule has 0 unspecified atom stereocenters. The van der Waals surface area contributed by atoms with Crippen LogP contribution in [0.1, 0.15) is 31.2 Å². The summed E-state index contributed by atoms with van der Waals surface area (Å²) in [6.45, 7) is 0.283. The number of phenols is 1. The molecular weight excluding hydrogens is 380 g/mol. The van der Waals surface area contributed by atoms with Crippen molar-refractivity contribution in [2.45, 2.75) is 50.2 Å². The van der Waals surface area contributed by atoms with Gasteiger partial charge in [0.2, 0.25) is 17.7 Å². The highest BCUT2D eigenvalue weighted by Crippen LogP contribution is 2.20. The highest BCUT2D eigenvalue weighted by molar-refractivity contribution is 5.92. The van der Waals surface area contributed by atoms with Crippen LogP contribution in [0.15, 0.2) is 24.3 Å². The fraction of sp³-hybridized carbons (Fsp3) is 0.474. The Balaban J connectivity index is 2.17. The molecule has 1 aromatic rings. The number of amides is 3. The number of nitrogens with one attached hydrogen (secondary N) is 1. The topological polar surface area (TPSA) is 176 Å². The lowest BCUT2D eigenvalue weighted by Crippen LogP contribution is -2.55. The molecular formula is C19H26N4O6. The van der Waals surface area contributed by atoms with Crippen molar-refractivity contribution in [2.75, 3.05) is 6.54 Å². The first-order valence-corrected chi connectivity index (χ1v) is 9.34. The van der Waals surface area contributed by atoms with Gasteiger partial charge in [0.05, 0.1) is 6.04 Å². The number of carbonyl (C=O) groups is 4. The molecule has 1 fully saturated rings. The quantitative estimate of drug-likeness (QED) is 0.352. The number of nitrogens with zero attached hydrogens (tertiary/aromatic N) is 1. The minimum atomic E-state index is -1.09. The Morgan fingerprint density at radius 3 is 2.45 bits per heavy atom. The van der Waals surface area contributed by atoms with Gasteiger partial charge in [-0.1, -0.05) is 12.1 Å². The van der Waals surface area contributed by atoms with E-state index >= 15 is 0 Å². The maximum Gasteiger partial charge on any atom is 0.326 e. The maximum absolute atomic E-state index is 13.0. The summed E-state index contributed by atoms with van der Waals surface area (Å²) in [4.78, 5) is 49.1. The minimum absolute atomic E-state index is 0.0305. The van der Waals surface area contributed by atoms with Crippen molar-refractivity contribution in [3.8, 4) is 5.75 Å². The smallest absolute Gasteiger partial charge is 0.326 e. The van der Waals surface area contributed by atoms with E-state index in [1.165, 1.54) is 17.0 Å². The van der Waals surface area contributed by atoms with E-state index < -0.39 is 41.8 Å². The molecule has 158 valence electrons. The van der Waals surface area contributed by atoms with E-state index in [1.54, 1.807) is 12.1 Å². The molecule has 0 saturated carbocycles. The third-order valence-corrected chi connectivity index (χ3v) is 4.85. The normalized spacial score (nSPS) is 18.1. The van der Waals surface area contributed by atoms with Gasteiger partial charge in [0, 0.05) is 19.4 Å². The van der Waals surface area contributed by atoms with Crippen LogP contribution in [0, 0.1) is 0 Å². The number of likely N-dealkylation sites (tertiary alicyclic amines) is 1. The second-order valence-electron chi connectivity index (χ2n) is 7.07. The fourth-order valence-corrected chi connectivity index (χ4v) is 3.26. The lowest BCUT2D eigenvalue weighted by molar-refractivity contribution is -0.149. The zero-order valence-corrected chi connectivity index (χ0v) is 15.9. The molecule has 3 atom stereocenters. The van der Waals surface area contributed by atoms with Gasteiger partial charge in [-0.15, -0.1) is 0 Å². The Morgan fingerprint density at radius 1 is 1.21 bits per heavy atom. The summed E-state index contributed by atoms with van der Waals surface area (Å²) in [6.07, 6.45) is 0.955. The number of nitrogens with two attached hydrogens (primary N) is 2. The van der Waals surface area contributed by atoms with E-state index in [0.717, 1.165) is 0 Å².